The molecule has 0 rings (SSSR count). The van der Waals surface area contributed by atoms with Gasteiger partial charge in [-0.1, -0.05) is 229 Å². The minimum Gasteiger partial charge on any atom is -0.462 e. The van der Waals surface area contributed by atoms with Crippen LogP contribution in [0, 0.1) is 0 Å². The summed E-state index contributed by atoms with van der Waals surface area (Å²) in [6, 6.07) is 0. The molecular formula is C57H100O6. The first-order chi connectivity index (χ1) is 31.0. The van der Waals surface area contributed by atoms with Crippen molar-refractivity contribution >= 4 is 17.9 Å². The Morgan fingerprint density at radius 1 is 0.349 bits per heavy atom. The molecule has 0 N–H and O–H groups in total. The molecule has 0 spiro atoms. The van der Waals surface area contributed by atoms with Gasteiger partial charge in [0.1, 0.15) is 13.2 Å². The van der Waals surface area contributed by atoms with Crippen LogP contribution in [0.3, 0.4) is 0 Å². The Bertz CT molecular complexity index is 1150. The van der Waals surface area contributed by atoms with E-state index in [1.165, 1.54) is 128 Å². The van der Waals surface area contributed by atoms with Crippen LogP contribution in [-0.2, 0) is 28.6 Å². The predicted molar refractivity (Wildman–Crippen MR) is 270 cm³/mol. The van der Waals surface area contributed by atoms with Crippen LogP contribution >= 0.6 is 0 Å². The standard InChI is InChI=1S/C57H100O6/c1-4-7-10-13-16-19-22-25-28-30-32-35-38-41-44-47-50-56(59)62-53-54(52-61-55(58)49-46-43-40-37-34-31-27-24-21-18-15-12-9-6-3)63-57(60)51-48-45-42-39-36-33-29-26-23-20-17-14-11-8-5-2/h7,10,16-17,19-20,23,25-26,28,54H,4-6,8-9,11-15,18,21-22,24,27,29-53H2,1-3H3/b10-7-,19-16-,20-17-,26-23-,28-25-. The van der Waals surface area contributed by atoms with Gasteiger partial charge in [-0.15, -0.1) is 0 Å². The van der Waals surface area contributed by atoms with Gasteiger partial charge in [-0.25, -0.2) is 0 Å². The molecule has 0 bridgehead atoms. The lowest BCUT2D eigenvalue weighted by Crippen LogP contribution is -2.30. The largest absolute Gasteiger partial charge is 0.462 e. The fraction of sp³-hybridized carbons (Fsp3) is 0.772. The Morgan fingerprint density at radius 3 is 1.10 bits per heavy atom. The molecular weight excluding hydrogens is 781 g/mol. The summed E-state index contributed by atoms with van der Waals surface area (Å²) in [7, 11) is 0. The van der Waals surface area contributed by atoms with Crippen molar-refractivity contribution in [3.8, 4) is 0 Å². The van der Waals surface area contributed by atoms with E-state index in [9.17, 15) is 14.4 Å². The lowest BCUT2D eigenvalue weighted by atomic mass is 10.0. The van der Waals surface area contributed by atoms with Crippen LogP contribution in [0.25, 0.3) is 0 Å². The first-order valence-electron chi connectivity index (χ1n) is 26.8. The SMILES string of the molecule is CC/C=C\C/C=C\C/C=C\CCCCCCCCC(=O)OCC(COC(=O)CCCCCCCCCCCCCCCC)OC(=O)CCCCCCCC/C=C\C=C/CCCCC. The van der Waals surface area contributed by atoms with Gasteiger partial charge in [-0.05, 0) is 77.0 Å². The van der Waals surface area contributed by atoms with Crippen LogP contribution in [0.1, 0.15) is 265 Å². The summed E-state index contributed by atoms with van der Waals surface area (Å²) in [6.45, 7) is 6.49. The number of rotatable bonds is 48. The Kier molecular flexibility index (Phi) is 49.4. The molecule has 0 aromatic carbocycles. The molecule has 63 heavy (non-hydrogen) atoms. The van der Waals surface area contributed by atoms with Gasteiger partial charge in [-0.2, -0.15) is 0 Å². The highest BCUT2D eigenvalue weighted by atomic mass is 16.6. The van der Waals surface area contributed by atoms with Crippen molar-refractivity contribution in [2.24, 2.45) is 0 Å². The molecule has 6 nitrogen and oxygen atoms in total. The highest BCUT2D eigenvalue weighted by Crippen LogP contribution is 2.15. The quantitative estimate of drug-likeness (QED) is 0.0199. The highest BCUT2D eigenvalue weighted by Gasteiger charge is 2.19. The van der Waals surface area contributed by atoms with Crippen molar-refractivity contribution < 1.29 is 28.6 Å². The average molecular weight is 881 g/mol. The molecule has 364 valence electrons. The predicted octanol–water partition coefficient (Wildman–Crippen LogP) is 17.6. The molecule has 0 aliphatic rings. The summed E-state index contributed by atoms with van der Waals surface area (Å²) in [5, 5.41) is 0. The third-order valence-corrected chi connectivity index (χ3v) is 11.5. The molecule has 0 amide bonds. The van der Waals surface area contributed by atoms with E-state index in [2.05, 4.69) is 81.5 Å². The summed E-state index contributed by atoms with van der Waals surface area (Å²) in [5.41, 5.74) is 0. The van der Waals surface area contributed by atoms with E-state index in [4.69, 9.17) is 14.2 Å². The number of allylic oxidation sites excluding steroid dienone is 10. The van der Waals surface area contributed by atoms with E-state index in [1.54, 1.807) is 0 Å². The summed E-state index contributed by atoms with van der Waals surface area (Å²) in [5.74, 6) is -0.899. The molecule has 0 saturated heterocycles. The van der Waals surface area contributed by atoms with Crippen molar-refractivity contribution in [1.82, 2.24) is 0 Å². The number of hydrogen-bond donors (Lipinski definition) is 0. The second kappa shape index (κ2) is 51.7. The van der Waals surface area contributed by atoms with Gasteiger partial charge in [0.05, 0.1) is 0 Å². The molecule has 1 atom stereocenters. The van der Waals surface area contributed by atoms with Crippen molar-refractivity contribution in [2.75, 3.05) is 13.2 Å². The first-order valence-corrected chi connectivity index (χ1v) is 26.8. The number of ether oxygens (including phenoxy) is 3. The molecule has 0 heterocycles. The van der Waals surface area contributed by atoms with Gasteiger partial charge < -0.3 is 14.2 Å². The summed E-state index contributed by atoms with van der Waals surface area (Å²) in [4.78, 5) is 38.0. The van der Waals surface area contributed by atoms with E-state index in [-0.39, 0.29) is 31.1 Å². The van der Waals surface area contributed by atoms with Gasteiger partial charge in [-0.3, -0.25) is 14.4 Å². The lowest BCUT2D eigenvalue weighted by Gasteiger charge is -2.18. The van der Waals surface area contributed by atoms with Gasteiger partial charge in [0.15, 0.2) is 6.10 Å². The highest BCUT2D eigenvalue weighted by molar-refractivity contribution is 5.71. The number of carbonyl (C=O) groups excluding carboxylic acids is 3. The maximum Gasteiger partial charge on any atom is 0.306 e. The molecule has 0 aromatic rings. The normalized spacial score (nSPS) is 12.5. The zero-order valence-corrected chi connectivity index (χ0v) is 41.6. The second-order valence-corrected chi connectivity index (χ2v) is 17.8. The van der Waals surface area contributed by atoms with Crippen LogP contribution in [0.15, 0.2) is 60.8 Å². The van der Waals surface area contributed by atoms with E-state index < -0.39 is 6.10 Å². The third-order valence-electron chi connectivity index (χ3n) is 11.5. The maximum atomic E-state index is 12.8. The monoisotopic (exact) mass is 881 g/mol. The summed E-state index contributed by atoms with van der Waals surface area (Å²) in [6.07, 6.45) is 63.4. The van der Waals surface area contributed by atoms with Crippen molar-refractivity contribution in [2.45, 2.75) is 271 Å². The third kappa shape index (κ3) is 50.0. The van der Waals surface area contributed by atoms with Gasteiger partial charge >= 0.3 is 17.9 Å². The molecule has 0 aliphatic carbocycles. The number of unbranched alkanes of at least 4 members (excludes halogenated alkanes) is 28. The summed E-state index contributed by atoms with van der Waals surface area (Å²) < 4.78 is 16.8. The van der Waals surface area contributed by atoms with Crippen LogP contribution in [-0.4, -0.2) is 37.2 Å². The average Bonchev–Trinajstić information content (AvgIpc) is 3.28. The van der Waals surface area contributed by atoms with E-state index >= 15 is 0 Å². The smallest absolute Gasteiger partial charge is 0.306 e. The van der Waals surface area contributed by atoms with Gasteiger partial charge in [0, 0.05) is 19.3 Å². The van der Waals surface area contributed by atoms with Crippen molar-refractivity contribution in [3.63, 3.8) is 0 Å². The fourth-order valence-corrected chi connectivity index (χ4v) is 7.51. The van der Waals surface area contributed by atoms with Crippen LogP contribution in [0.5, 0.6) is 0 Å². The zero-order chi connectivity index (χ0) is 45.8. The topological polar surface area (TPSA) is 78.9 Å². The minimum absolute atomic E-state index is 0.0813. The first kappa shape index (κ1) is 60.1. The molecule has 0 radical (unpaired) electrons. The molecule has 0 aromatic heterocycles. The fourth-order valence-electron chi connectivity index (χ4n) is 7.51. The molecule has 0 fully saturated rings. The number of hydrogen-bond acceptors (Lipinski definition) is 6. The number of esters is 3. The summed E-state index contributed by atoms with van der Waals surface area (Å²) >= 11 is 0. The molecule has 0 saturated carbocycles. The molecule has 6 heteroatoms. The molecule has 0 aliphatic heterocycles. The van der Waals surface area contributed by atoms with E-state index in [0.29, 0.717) is 19.3 Å². The van der Waals surface area contributed by atoms with E-state index in [1.807, 2.05) is 0 Å². The Hall–Kier alpha value is -2.89. The second-order valence-electron chi connectivity index (χ2n) is 17.8. The lowest BCUT2D eigenvalue weighted by molar-refractivity contribution is -0.167. The van der Waals surface area contributed by atoms with E-state index in [0.717, 1.165) is 96.3 Å². The Labute approximate surface area is 390 Å². The zero-order valence-electron chi connectivity index (χ0n) is 41.6. The van der Waals surface area contributed by atoms with Crippen LogP contribution in [0.2, 0.25) is 0 Å². The van der Waals surface area contributed by atoms with Gasteiger partial charge in [0.2, 0.25) is 0 Å². The van der Waals surface area contributed by atoms with Crippen molar-refractivity contribution in [3.05, 3.63) is 60.8 Å². The minimum atomic E-state index is -0.783. The molecule has 1 unspecified atom stereocenters. The maximum absolute atomic E-state index is 12.8. The van der Waals surface area contributed by atoms with Crippen molar-refractivity contribution in [1.29, 1.82) is 0 Å². The van der Waals surface area contributed by atoms with Crippen LogP contribution < -0.4 is 0 Å². The Morgan fingerprint density at radius 2 is 0.667 bits per heavy atom. The van der Waals surface area contributed by atoms with Gasteiger partial charge in [0.25, 0.3) is 0 Å². The number of carbonyl (C=O) groups is 3. The van der Waals surface area contributed by atoms with Crippen LogP contribution in [0.4, 0.5) is 0 Å². The Balaban J connectivity index is 4.41.